The number of aliphatic hydroxyl groups is 1. The van der Waals surface area contributed by atoms with Gasteiger partial charge in [-0.25, -0.2) is 4.79 Å². The van der Waals surface area contributed by atoms with E-state index in [9.17, 15) is 14.7 Å². The maximum Gasteiger partial charge on any atom is 0.338 e. The summed E-state index contributed by atoms with van der Waals surface area (Å²) < 4.78 is 6.08. The third-order valence-corrected chi connectivity index (χ3v) is 9.14. The molecule has 0 saturated heterocycles. The van der Waals surface area contributed by atoms with Gasteiger partial charge in [0.2, 0.25) is 0 Å². The van der Waals surface area contributed by atoms with Gasteiger partial charge in [-0.15, -0.1) is 0 Å². The molecule has 1 aromatic rings. The lowest BCUT2D eigenvalue weighted by atomic mass is 9.47. The average molecular weight is 409 g/mol. The van der Waals surface area contributed by atoms with Gasteiger partial charge in [0, 0.05) is 17.3 Å². The first-order valence-corrected chi connectivity index (χ1v) is 11.6. The number of ether oxygens (including phenoxy) is 1. The van der Waals surface area contributed by atoms with Crippen LogP contribution in [0.2, 0.25) is 0 Å². The lowest BCUT2D eigenvalue weighted by Gasteiger charge is -2.58. The molecule has 0 aromatic heterocycles. The molecule has 1 aromatic carbocycles. The monoisotopic (exact) mass is 408 g/mol. The van der Waals surface area contributed by atoms with Gasteiger partial charge in [-0.2, -0.15) is 0 Å². The van der Waals surface area contributed by atoms with Crippen LogP contribution in [0.4, 0.5) is 0 Å². The summed E-state index contributed by atoms with van der Waals surface area (Å²) >= 11 is 0. The number of carbonyl (C=O) groups excluding carboxylic acids is 2. The standard InChI is InChI=1S/C26H32O4/c1-25-13-12-22-20(8-7-18-15-19(28)11-14-26(18,22)16-27)21(25)9-10-23(25)30-24(29)17-5-3-2-4-6-17/h2-6,15,20-23,27H,7-14,16H2,1H3/t20-,21-,22-,23?,25-,26+/m0/s1. The van der Waals surface area contributed by atoms with Crippen LogP contribution < -0.4 is 0 Å². The fourth-order valence-electron chi connectivity index (χ4n) is 7.57. The van der Waals surface area contributed by atoms with E-state index < -0.39 is 0 Å². The first-order chi connectivity index (χ1) is 14.5. The summed E-state index contributed by atoms with van der Waals surface area (Å²) in [5.41, 5.74) is 1.64. The Balaban J connectivity index is 1.38. The molecule has 0 heterocycles. The van der Waals surface area contributed by atoms with Crippen LogP contribution in [-0.4, -0.2) is 29.6 Å². The summed E-state index contributed by atoms with van der Waals surface area (Å²) in [6, 6.07) is 9.29. The summed E-state index contributed by atoms with van der Waals surface area (Å²) in [4.78, 5) is 24.7. The number of hydrogen-bond donors (Lipinski definition) is 1. The van der Waals surface area contributed by atoms with Crippen LogP contribution >= 0.6 is 0 Å². The van der Waals surface area contributed by atoms with E-state index in [1.165, 1.54) is 5.57 Å². The Morgan fingerprint density at radius 3 is 2.63 bits per heavy atom. The van der Waals surface area contributed by atoms with Crippen LogP contribution in [-0.2, 0) is 9.53 Å². The predicted molar refractivity (Wildman–Crippen MR) is 114 cm³/mol. The highest BCUT2D eigenvalue weighted by Crippen LogP contribution is 2.65. The molecule has 0 bridgehead atoms. The van der Waals surface area contributed by atoms with Gasteiger partial charge in [0.05, 0.1) is 12.2 Å². The summed E-state index contributed by atoms with van der Waals surface area (Å²) in [5, 5.41) is 10.5. The Labute approximate surface area is 178 Å². The van der Waals surface area contributed by atoms with Gasteiger partial charge in [-0.3, -0.25) is 4.79 Å². The minimum atomic E-state index is -0.212. The van der Waals surface area contributed by atoms with Gasteiger partial charge in [-0.05, 0) is 80.9 Å². The first kappa shape index (κ1) is 20.0. The second-order valence-corrected chi connectivity index (χ2v) is 10.2. The Kier molecular flexibility index (Phi) is 4.89. The van der Waals surface area contributed by atoms with Crippen LogP contribution in [0.25, 0.3) is 0 Å². The molecule has 0 radical (unpaired) electrons. The SMILES string of the molecule is C[C@]12CC[C@H]3[C@@H](CCC4=CC(=O)CC[C@@]43CO)[C@@H]1CCC2OC(=O)c1ccccc1. The van der Waals surface area contributed by atoms with E-state index in [0.717, 1.165) is 44.9 Å². The summed E-state index contributed by atoms with van der Waals surface area (Å²) in [6.07, 6.45) is 9.27. The van der Waals surface area contributed by atoms with Crippen LogP contribution in [0.3, 0.4) is 0 Å². The van der Waals surface area contributed by atoms with Crippen molar-refractivity contribution in [3.05, 3.63) is 47.5 Å². The molecule has 1 unspecified atom stereocenters. The molecular weight excluding hydrogens is 376 g/mol. The molecule has 3 fully saturated rings. The fourth-order valence-corrected chi connectivity index (χ4v) is 7.57. The number of aliphatic hydroxyl groups excluding tert-OH is 1. The van der Waals surface area contributed by atoms with Gasteiger partial charge in [-0.1, -0.05) is 30.7 Å². The van der Waals surface area contributed by atoms with Crippen molar-refractivity contribution in [2.75, 3.05) is 6.61 Å². The molecular formula is C26H32O4. The lowest BCUT2D eigenvalue weighted by molar-refractivity contribution is -0.120. The van der Waals surface area contributed by atoms with E-state index in [-0.39, 0.29) is 35.3 Å². The second-order valence-electron chi connectivity index (χ2n) is 10.2. The molecule has 4 aliphatic carbocycles. The van der Waals surface area contributed by atoms with Crippen LogP contribution in [0, 0.1) is 28.6 Å². The van der Waals surface area contributed by atoms with Gasteiger partial charge in [0.1, 0.15) is 6.10 Å². The minimum Gasteiger partial charge on any atom is -0.458 e. The fraction of sp³-hybridized carbons (Fsp3) is 0.615. The smallest absolute Gasteiger partial charge is 0.338 e. The summed E-state index contributed by atoms with van der Waals surface area (Å²) in [5.74, 6) is 1.52. The highest BCUT2D eigenvalue weighted by molar-refractivity contribution is 5.91. The van der Waals surface area contributed by atoms with E-state index in [1.807, 2.05) is 36.4 Å². The molecule has 1 N–H and O–H groups in total. The molecule has 160 valence electrons. The van der Waals surface area contributed by atoms with Crippen LogP contribution in [0.5, 0.6) is 0 Å². The molecule has 3 saturated carbocycles. The maximum atomic E-state index is 12.7. The molecule has 0 spiro atoms. The van der Waals surface area contributed by atoms with Gasteiger partial charge in [0.15, 0.2) is 5.78 Å². The summed E-state index contributed by atoms with van der Waals surface area (Å²) in [6.45, 7) is 2.48. The zero-order valence-electron chi connectivity index (χ0n) is 17.8. The highest BCUT2D eigenvalue weighted by Gasteiger charge is 2.61. The average Bonchev–Trinajstić information content (AvgIpc) is 3.10. The Morgan fingerprint density at radius 1 is 1.07 bits per heavy atom. The Morgan fingerprint density at radius 2 is 1.87 bits per heavy atom. The first-order valence-electron chi connectivity index (χ1n) is 11.6. The number of rotatable bonds is 3. The maximum absolute atomic E-state index is 12.7. The van der Waals surface area contributed by atoms with E-state index in [1.54, 1.807) is 0 Å². The topological polar surface area (TPSA) is 63.6 Å². The van der Waals surface area contributed by atoms with E-state index in [4.69, 9.17) is 4.74 Å². The molecule has 30 heavy (non-hydrogen) atoms. The summed E-state index contributed by atoms with van der Waals surface area (Å²) in [7, 11) is 0. The van der Waals surface area contributed by atoms with Crippen molar-refractivity contribution in [1.29, 1.82) is 0 Å². The Hall–Kier alpha value is -1.94. The number of benzene rings is 1. The zero-order valence-corrected chi connectivity index (χ0v) is 17.8. The third-order valence-electron chi connectivity index (χ3n) is 9.14. The van der Waals surface area contributed by atoms with Crippen molar-refractivity contribution in [1.82, 2.24) is 0 Å². The minimum absolute atomic E-state index is 0.00789. The van der Waals surface area contributed by atoms with E-state index in [2.05, 4.69) is 6.92 Å². The number of ketones is 1. The number of esters is 1. The van der Waals surface area contributed by atoms with Crippen molar-refractivity contribution in [3.8, 4) is 0 Å². The number of hydrogen-bond acceptors (Lipinski definition) is 4. The number of carbonyl (C=O) groups is 2. The van der Waals surface area contributed by atoms with Crippen molar-refractivity contribution >= 4 is 11.8 Å². The molecule has 4 heteroatoms. The molecule has 5 rings (SSSR count). The molecule has 4 aliphatic rings. The van der Waals surface area contributed by atoms with Gasteiger partial charge in [0.25, 0.3) is 0 Å². The van der Waals surface area contributed by atoms with E-state index in [0.29, 0.717) is 29.7 Å². The van der Waals surface area contributed by atoms with Crippen LogP contribution in [0.15, 0.2) is 42.0 Å². The van der Waals surface area contributed by atoms with Crippen molar-refractivity contribution in [2.24, 2.45) is 28.6 Å². The Bertz CT molecular complexity index is 874. The van der Waals surface area contributed by atoms with Crippen molar-refractivity contribution < 1.29 is 19.4 Å². The van der Waals surface area contributed by atoms with Crippen molar-refractivity contribution in [3.63, 3.8) is 0 Å². The second kappa shape index (κ2) is 7.33. The molecule has 4 nitrogen and oxygen atoms in total. The van der Waals surface area contributed by atoms with Gasteiger partial charge >= 0.3 is 5.97 Å². The zero-order chi connectivity index (χ0) is 20.9. The van der Waals surface area contributed by atoms with E-state index >= 15 is 0 Å². The lowest BCUT2D eigenvalue weighted by Crippen LogP contribution is -2.53. The third kappa shape index (κ3) is 2.90. The van der Waals surface area contributed by atoms with Gasteiger partial charge < -0.3 is 9.84 Å². The normalized spacial score (nSPS) is 40.1. The highest BCUT2D eigenvalue weighted by atomic mass is 16.5. The molecule has 0 aliphatic heterocycles. The number of fused-ring (bicyclic) bond motifs is 5. The molecule has 6 atom stereocenters. The largest absolute Gasteiger partial charge is 0.458 e. The van der Waals surface area contributed by atoms with Crippen LogP contribution in [0.1, 0.15) is 68.6 Å². The quantitative estimate of drug-likeness (QED) is 0.736. The van der Waals surface area contributed by atoms with Crippen molar-refractivity contribution in [2.45, 2.75) is 64.4 Å². The predicted octanol–water partition coefficient (Wildman–Crippen LogP) is 4.72. The molecule has 0 amide bonds.